The van der Waals surface area contributed by atoms with E-state index < -0.39 is 5.91 Å². The molecular formula is C17H18N2O4S. The van der Waals surface area contributed by atoms with Gasteiger partial charge in [0, 0.05) is 10.9 Å². The van der Waals surface area contributed by atoms with Crippen molar-refractivity contribution in [1.82, 2.24) is 10.9 Å². The summed E-state index contributed by atoms with van der Waals surface area (Å²) in [6.45, 7) is 0. The first-order valence-corrected chi connectivity index (χ1v) is 8.38. The van der Waals surface area contributed by atoms with Crippen molar-refractivity contribution < 1.29 is 19.1 Å². The summed E-state index contributed by atoms with van der Waals surface area (Å²) in [5.74, 6) is 0.193. The second-order valence-electron chi connectivity index (χ2n) is 5.39. The lowest BCUT2D eigenvalue weighted by atomic mass is 10.2. The average molecular weight is 346 g/mol. The standard InChI is InChI=1S/C17H18N2O4S/c1-22-11-6-7-12(13(9-11)23-2)16(20)18-19-17(21)15-8-10-4-3-5-14(10)24-15/h6-9H,3-5H2,1-2H3,(H,18,20)(H,19,21). The van der Waals surface area contributed by atoms with Crippen LogP contribution in [0.15, 0.2) is 24.3 Å². The number of nitrogens with one attached hydrogen (secondary N) is 2. The Kier molecular flexibility index (Phi) is 4.71. The molecule has 7 heteroatoms. The number of rotatable bonds is 4. The molecule has 1 heterocycles. The maximum absolute atomic E-state index is 12.3. The van der Waals surface area contributed by atoms with Gasteiger partial charge in [0.25, 0.3) is 11.8 Å². The zero-order valence-corrected chi connectivity index (χ0v) is 14.3. The van der Waals surface area contributed by atoms with Crippen LogP contribution in [0.1, 0.15) is 36.9 Å². The number of carbonyl (C=O) groups excluding carboxylic acids is 2. The first-order chi connectivity index (χ1) is 11.6. The van der Waals surface area contributed by atoms with Gasteiger partial charge in [0.05, 0.1) is 24.7 Å². The Bertz CT molecular complexity index is 763. The van der Waals surface area contributed by atoms with Crippen molar-refractivity contribution in [2.45, 2.75) is 19.3 Å². The molecule has 2 aromatic rings. The summed E-state index contributed by atoms with van der Waals surface area (Å²) >= 11 is 1.49. The molecule has 0 bridgehead atoms. The molecule has 24 heavy (non-hydrogen) atoms. The van der Waals surface area contributed by atoms with Crippen molar-refractivity contribution in [2.24, 2.45) is 0 Å². The maximum atomic E-state index is 12.3. The Hall–Kier alpha value is -2.54. The highest BCUT2D eigenvalue weighted by atomic mass is 32.1. The van der Waals surface area contributed by atoms with Gasteiger partial charge in [0.1, 0.15) is 11.5 Å². The molecule has 2 amide bonds. The number of hydrogen-bond acceptors (Lipinski definition) is 5. The number of carbonyl (C=O) groups is 2. The molecule has 0 atom stereocenters. The predicted octanol–water partition coefficient (Wildman–Crippen LogP) is 2.33. The molecule has 1 aromatic heterocycles. The van der Waals surface area contributed by atoms with E-state index in [2.05, 4.69) is 10.9 Å². The highest BCUT2D eigenvalue weighted by Crippen LogP contribution is 2.30. The number of fused-ring (bicyclic) bond motifs is 1. The van der Waals surface area contributed by atoms with Crippen LogP contribution >= 0.6 is 11.3 Å². The summed E-state index contributed by atoms with van der Waals surface area (Å²) in [6, 6.07) is 6.75. The van der Waals surface area contributed by atoms with E-state index in [1.165, 1.54) is 36.0 Å². The Morgan fingerprint density at radius 3 is 2.54 bits per heavy atom. The van der Waals surface area contributed by atoms with E-state index in [1.807, 2.05) is 6.07 Å². The molecule has 1 aliphatic rings. The SMILES string of the molecule is COc1ccc(C(=O)NNC(=O)c2cc3c(s2)CCC3)c(OC)c1. The minimum Gasteiger partial charge on any atom is -0.497 e. The van der Waals surface area contributed by atoms with Crippen molar-refractivity contribution in [3.05, 3.63) is 45.1 Å². The third kappa shape index (κ3) is 3.21. The first-order valence-electron chi connectivity index (χ1n) is 7.56. The van der Waals surface area contributed by atoms with Crippen LogP contribution < -0.4 is 20.3 Å². The Morgan fingerprint density at radius 1 is 1.04 bits per heavy atom. The molecule has 1 aliphatic carbocycles. The van der Waals surface area contributed by atoms with E-state index in [0.717, 1.165) is 19.3 Å². The molecule has 0 aliphatic heterocycles. The maximum Gasteiger partial charge on any atom is 0.279 e. The third-order valence-electron chi connectivity index (χ3n) is 3.91. The van der Waals surface area contributed by atoms with Crippen LogP contribution in [0.2, 0.25) is 0 Å². The predicted molar refractivity (Wildman–Crippen MR) is 90.8 cm³/mol. The van der Waals surface area contributed by atoms with E-state index in [9.17, 15) is 9.59 Å². The summed E-state index contributed by atoms with van der Waals surface area (Å²) in [5.41, 5.74) is 6.43. The number of benzene rings is 1. The van der Waals surface area contributed by atoms with E-state index in [4.69, 9.17) is 9.47 Å². The smallest absolute Gasteiger partial charge is 0.279 e. The second-order valence-corrected chi connectivity index (χ2v) is 6.52. The summed E-state index contributed by atoms with van der Waals surface area (Å²) in [4.78, 5) is 26.3. The molecular weight excluding hydrogens is 328 g/mol. The topological polar surface area (TPSA) is 76.7 Å². The Labute approximate surface area is 143 Å². The van der Waals surface area contributed by atoms with E-state index in [1.54, 1.807) is 18.2 Å². The quantitative estimate of drug-likeness (QED) is 0.833. The summed E-state index contributed by atoms with van der Waals surface area (Å²) < 4.78 is 10.3. The van der Waals surface area contributed by atoms with Gasteiger partial charge in [-0.1, -0.05) is 0 Å². The van der Waals surface area contributed by atoms with Gasteiger partial charge in [-0.3, -0.25) is 20.4 Å². The van der Waals surface area contributed by atoms with Gasteiger partial charge in [0.2, 0.25) is 0 Å². The Balaban J connectivity index is 1.65. The highest BCUT2D eigenvalue weighted by molar-refractivity contribution is 7.14. The number of amides is 2. The van der Waals surface area contributed by atoms with E-state index >= 15 is 0 Å². The van der Waals surface area contributed by atoms with Crippen LogP contribution in [0, 0.1) is 0 Å². The minimum atomic E-state index is -0.452. The van der Waals surface area contributed by atoms with Gasteiger partial charge in [0.15, 0.2) is 0 Å². The minimum absolute atomic E-state index is 0.310. The lowest BCUT2D eigenvalue weighted by Crippen LogP contribution is -2.41. The van der Waals surface area contributed by atoms with Gasteiger partial charge in [-0.15, -0.1) is 11.3 Å². The van der Waals surface area contributed by atoms with Crippen molar-refractivity contribution in [1.29, 1.82) is 0 Å². The fourth-order valence-electron chi connectivity index (χ4n) is 2.67. The molecule has 0 saturated carbocycles. The number of aryl methyl sites for hydroxylation is 2. The van der Waals surface area contributed by atoms with Gasteiger partial charge in [-0.2, -0.15) is 0 Å². The molecule has 1 aromatic carbocycles. The zero-order valence-electron chi connectivity index (χ0n) is 13.5. The lowest BCUT2D eigenvalue weighted by molar-refractivity contribution is 0.0847. The molecule has 2 N–H and O–H groups in total. The molecule has 3 rings (SSSR count). The van der Waals surface area contributed by atoms with Crippen LogP contribution in [-0.2, 0) is 12.8 Å². The molecule has 6 nitrogen and oxygen atoms in total. The molecule has 0 fully saturated rings. The molecule has 126 valence electrons. The van der Waals surface area contributed by atoms with Gasteiger partial charge in [-0.25, -0.2) is 0 Å². The molecule has 0 radical (unpaired) electrons. The fourth-order valence-corrected chi connectivity index (χ4v) is 3.82. The number of hydrazine groups is 1. The normalized spacial score (nSPS) is 12.4. The number of thiophene rings is 1. The number of hydrogen-bond donors (Lipinski definition) is 2. The molecule has 0 unspecified atom stereocenters. The fraction of sp³-hybridized carbons (Fsp3) is 0.294. The number of methoxy groups -OCH3 is 2. The zero-order chi connectivity index (χ0) is 17.1. The molecule has 0 spiro atoms. The first kappa shape index (κ1) is 16.3. The Morgan fingerprint density at radius 2 is 1.83 bits per heavy atom. The van der Waals surface area contributed by atoms with Crippen molar-refractivity contribution in [3.8, 4) is 11.5 Å². The number of ether oxygens (including phenoxy) is 2. The third-order valence-corrected chi connectivity index (χ3v) is 5.15. The monoisotopic (exact) mass is 346 g/mol. The van der Waals surface area contributed by atoms with E-state index in [-0.39, 0.29) is 5.91 Å². The molecule has 0 saturated heterocycles. The largest absolute Gasteiger partial charge is 0.497 e. The van der Waals surface area contributed by atoms with Crippen molar-refractivity contribution in [2.75, 3.05) is 14.2 Å². The van der Waals surface area contributed by atoms with Crippen LogP contribution in [0.5, 0.6) is 11.5 Å². The summed E-state index contributed by atoms with van der Waals surface area (Å²) in [7, 11) is 3.00. The van der Waals surface area contributed by atoms with Gasteiger partial charge >= 0.3 is 0 Å². The van der Waals surface area contributed by atoms with Gasteiger partial charge in [-0.05, 0) is 43.0 Å². The second kappa shape index (κ2) is 6.92. The van der Waals surface area contributed by atoms with Crippen LogP contribution in [0.3, 0.4) is 0 Å². The summed E-state index contributed by atoms with van der Waals surface area (Å²) in [5, 5.41) is 0. The highest BCUT2D eigenvalue weighted by Gasteiger charge is 2.19. The van der Waals surface area contributed by atoms with Crippen LogP contribution in [0.25, 0.3) is 0 Å². The van der Waals surface area contributed by atoms with Crippen molar-refractivity contribution >= 4 is 23.2 Å². The van der Waals surface area contributed by atoms with Gasteiger partial charge < -0.3 is 9.47 Å². The van der Waals surface area contributed by atoms with Crippen LogP contribution in [0.4, 0.5) is 0 Å². The van der Waals surface area contributed by atoms with Crippen LogP contribution in [-0.4, -0.2) is 26.0 Å². The summed E-state index contributed by atoms with van der Waals surface area (Å²) in [6.07, 6.45) is 3.20. The lowest BCUT2D eigenvalue weighted by Gasteiger charge is -2.11. The average Bonchev–Trinajstić information content (AvgIpc) is 3.20. The van der Waals surface area contributed by atoms with Crippen molar-refractivity contribution in [3.63, 3.8) is 0 Å². The van der Waals surface area contributed by atoms with E-state index in [0.29, 0.717) is 21.9 Å².